The third-order valence-corrected chi connectivity index (χ3v) is 4.54. The third kappa shape index (κ3) is 16.1. The Labute approximate surface area is 134 Å². The van der Waals surface area contributed by atoms with Gasteiger partial charge in [-0.05, 0) is 25.7 Å². The van der Waals surface area contributed by atoms with Gasteiger partial charge in [-0.1, -0.05) is 64.7 Å². The van der Waals surface area contributed by atoms with Gasteiger partial charge in [0.15, 0.2) is 0 Å². The van der Waals surface area contributed by atoms with Gasteiger partial charge in [0, 0.05) is 6.61 Å². The summed E-state index contributed by atoms with van der Waals surface area (Å²) in [5.74, 6) is 0. The van der Waals surface area contributed by atoms with E-state index in [1.807, 2.05) is 0 Å². The average molecular weight is 301 g/mol. The Bertz CT molecular complexity index is 204. The van der Waals surface area contributed by atoms with Gasteiger partial charge in [-0.25, -0.2) is 0 Å². The smallest absolute Gasteiger partial charge is 0.0783 e. The van der Waals surface area contributed by atoms with Crippen molar-refractivity contribution in [1.82, 2.24) is 0 Å². The summed E-state index contributed by atoms with van der Waals surface area (Å²) < 4.78 is 1.12. The molecule has 2 heteroatoms. The molecule has 0 aromatic rings. The van der Waals surface area contributed by atoms with Crippen molar-refractivity contribution in [2.45, 2.75) is 90.4 Å². The van der Waals surface area contributed by atoms with Crippen LogP contribution < -0.4 is 0 Å². The van der Waals surface area contributed by atoms with Crippen LogP contribution in [0.5, 0.6) is 0 Å². The minimum Gasteiger partial charge on any atom is -0.396 e. The van der Waals surface area contributed by atoms with Crippen LogP contribution in [0, 0.1) is 0 Å². The quantitative estimate of drug-likeness (QED) is 0.309. The molecule has 1 N–H and O–H groups in total. The maximum absolute atomic E-state index is 8.83. The molecule has 0 spiro atoms. The molecule has 0 amide bonds. The van der Waals surface area contributed by atoms with E-state index < -0.39 is 0 Å². The predicted molar refractivity (Wildman–Crippen MR) is 94.6 cm³/mol. The second-order valence-corrected chi connectivity index (χ2v) is 7.35. The number of unbranched alkanes of at least 4 members (excludes halogenated alkanes) is 11. The first-order valence-corrected chi connectivity index (χ1v) is 9.55. The Kier molecular flexibility index (Phi) is 14.8. The first kappa shape index (κ1) is 20.9. The molecule has 0 aliphatic heterocycles. The predicted octanol–water partition coefficient (Wildman–Crippen LogP) is 5.15. The molecule has 128 valence electrons. The van der Waals surface area contributed by atoms with E-state index in [4.69, 9.17) is 5.11 Å². The standard InChI is InChI=1S/C19H42NO/c1-4-5-6-7-8-9-10-11-12-13-14-17-20(2,3)18-15-16-19-21/h21H,4-19H2,1-3H3/q+1. The van der Waals surface area contributed by atoms with Gasteiger partial charge in [0.1, 0.15) is 0 Å². The molecule has 0 atom stereocenters. The van der Waals surface area contributed by atoms with Gasteiger partial charge < -0.3 is 9.59 Å². The van der Waals surface area contributed by atoms with Crippen LogP contribution in [0.2, 0.25) is 0 Å². The van der Waals surface area contributed by atoms with Crippen molar-refractivity contribution in [2.75, 3.05) is 33.8 Å². The van der Waals surface area contributed by atoms with E-state index in [2.05, 4.69) is 21.0 Å². The number of aliphatic hydroxyl groups excluding tert-OH is 1. The molecule has 0 aromatic heterocycles. The van der Waals surface area contributed by atoms with Crippen molar-refractivity contribution in [1.29, 1.82) is 0 Å². The molecular weight excluding hydrogens is 258 g/mol. The highest BCUT2D eigenvalue weighted by atomic mass is 16.2. The Morgan fingerprint density at radius 3 is 1.38 bits per heavy atom. The lowest BCUT2D eigenvalue weighted by atomic mass is 10.1. The number of rotatable bonds is 16. The van der Waals surface area contributed by atoms with Crippen LogP contribution in [0.4, 0.5) is 0 Å². The highest BCUT2D eigenvalue weighted by Gasteiger charge is 2.13. The van der Waals surface area contributed by atoms with Crippen molar-refractivity contribution >= 4 is 0 Å². The van der Waals surface area contributed by atoms with Gasteiger partial charge in [-0.2, -0.15) is 0 Å². The second kappa shape index (κ2) is 14.8. The number of quaternary nitrogens is 1. The van der Waals surface area contributed by atoms with Crippen LogP contribution in [0.3, 0.4) is 0 Å². The SMILES string of the molecule is CCCCCCCCCCCCC[N+](C)(C)CCCCO. The van der Waals surface area contributed by atoms with Gasteiger partial charge in [0.05, 0.1) is 27.2 Å². The van der Waals surface area contributed by atoms with Crippen molar-refractivity contribution in [2.24, 2.45) is 0 Å². The molecule has 0 heterocycles. The van der Waals surface area contributed by atoms with Gasteiger partial charge in [0.25, 0.3) is 0 Å². The molecule has 0 rings (SSSR count). The average Bonchev–Trinajstić information content (AvgIpc) is 2.45. The van der Waals surface area contributed by atoms with E-state index in [0.29, 0.717) is 6.61 Å². The van der Waals surface area contributed by atoms with Crippen LogP contribution in [-0.2, 0) is 0 Å². The number of hydrogen-bond donors (Lipinski definition) is 1. The minimum atomic E-state index is 0.346. The highest BCUT2D eigenvalue weighted by Crippen LogP contribution is 2.12. The van der Waals surface area contributed by atoms with Crippen molar-refractivity contribution in [3.63, 3.8) is 0 Å². The summed E-state index contributed by atoms with van der Waals surface area (Å²) in [6.45, 7) is 5.13. The van der Waals surface area contributed by atoms with Gasteiger partial charge in [-0.3, -0.25) is 0 Å². The summed E-state index contributed by atoms with van der Waals surface area (Å²) >= 11 is 0. The molecule has 0 aliphatic rings. The fraction of sp³-hybridized carbons (Fsp3) is 1.00. The molecule has 0 aliphatic carbocycles. The van der Waals surface area contributed by atoms with Crippen molar-refractivity contribution in [3.8, 4) is 0 Å². The zero-order chi connectivity index (χ0) is 15.8. The van der Waals surface area contributed by atoms with Gasteiger partial charge in [0.2, 0.25) is 0 Å². The first-order valence-electron chi connectivity index (χ1n) is 9.55. The largest absolute Gasteiger partial charge is 0.396 e. The summed E-state index contributed by atoms with van der Waals surface area (Å²) in [5, 5.41) is 8.83. The van der Waals surface area contributed by atoms with Crippen LogP contribution in [0.15, 0.2) is 0 Å². The van der Waals surface area contributed by atoms with E-state index in [1.165, 1.54) is 83.7 Å². The summed E-state index contributed by atoms with van der Waals surface area (Å²) in [6.07, 6.45) is 17.8. The molecule has 0 unspecified atom stereocenters. The zero-order valence-corrected chi connectivity index (χ0v) is 15.2. The maximum Gasteiger partial charge on any atom is 0.0783 e. The Morgan fingerprint density at radius 1 is 0.571 bits per heavy atom. The Morgan fingerprint density at radius 2 is 0.952 bits per heavy atom. The van der Waals surface area contributed by atoms with Gasteiger partial charge in [-0.15, -0.1) is 0 Å². The molecule has 0 saturated heterocycles. The van der Waals surface area contributed by atoms with Crippen LogP contribution in [-0.4, -0.2) is 43.4 Å². The van der Waals surface area contributed by atoms with Crippen LogP contribution in [0.1, 0.15) is 90.4 Å². The third-order valence-electron chi connectivity index (χ3n) is 4.54. The monoisotopic (exact) mass is 300 g/mol. The second-order valence-electron chi connectivity index (χ2n) is 7.35. The molecule has 0 aromatic carbocycles. The molecule has 0 radical (unpaired) electrons. The molecule has 0 bridgehead atoms. The summed E-state index contributed by atoms with van der Waals surface area (Å²) in [7, 11) is 4.65. The minimum absolute atomic E-state index is 0.346. The van der Waals surface area contributed by atoms with Crippen LogP contribution >= 0.6 is 0 Å². The normalized spacial score (nSPS) is 12.0. The van der Waals surface area contributed by atoms with E-state index in [-0.39, 0.29) is 0 Å². The molecule has 0 fully saturated rings. The van der Waals surface area contributed by atoms with E-state index in [0.717, 1.165) is 17.3 Å². The number of aliphatic hydroxyl groups is 1. The van der Waals surface area contributed by atoms with Crippen molar-refractivity contribution < 1.29 is 9.59 Å². The highest BCUT2D eigenvalue weighted by molar-refractivity contribution is 4.48. The zero-order valence-electron chi connectivity index (χ0n) is 15.2. The van der Waals surface area contributed by atoms with Gasteiger partial charge >= 0.3 is 0 Å². The fourth-order valence-electron chi connectivity index (χ4n) is 2.97. The van der Waals surface area contributed by atoms with E-state index >= 15 is 0 Å². The lowest BCUT2D eigenvalue weighted by Crippen LogP contribution is -2.41. The topological polar surface area (TPSA) is 20.2 Å². The van der Waals surface area contributed by atoms with E-state index in [1.54, 1.807) is 0 Å². The lowest BCUT2D eigenvalue weighted by molar-refractivity contribution is -0.890. The lowest BCUT2D eigenvalue weighted by Gasteiger charge is -2.29. The summed E-state index contributed by atoms with van der Waals surface area (Å²) in [5.41, 5.74) is 0. The summed E-state index contributed by atoms with van der Waals surface area (Å²) in [4.78, 5) is 0. The van der Waals surface area contributed by atoms with E-state index in [9.17, 15) is 0 Å². The number of nitrogens with zero attached hydrogens (tertiary/aromatic N) is 1. The maximum atomic E-state index is 8.83. The van der Waals surface area contributed by atoms with Crippen LogP contribution in [0.25, 0.3) is 0 Å². The summed E-state index contributed by atoms with van der Waals surface area (Å²) in [6, 6.07) is 0. The fourth-order valence-corrected chi connectivity index (χ4v) is 2.97. The molecule has 2 nitrogen and oxygen atoms in total. The molecular formula is C19H42NO+. The number of hydrogen-bond acceptors (Lipinski definition) is 1. The molecule has 21 heavy (non-hydrogen) atoms. The Hall–Kier alpha value is -0.0800. The Balaban J connectivity index is 3.23. The first-order chi connectivity index (χ1) is 10.1. The molecule has 0 saturated carbocycles. The van der Waals surface area contributed by atoms with Crippen molar-refractivity contribution in [3.05, 3.63) is 0 Å².